The van der Waals surface area contributed by atoms with Crippen LogP contribution in [0.25, 0.3) is 0 Å². The second-order valence-electron chi connectivity index (χ2n) is 5.18. The molecule has 1 rings (SSSR count). The molecule has 1 unspecified atom stereocenters. The molecular formula is C14H21Cl2NO. The Bertz CT molecular complexity index is 368. The van der Waals surface area contributed by atoms with Gasteiger partial charge in [0.05, 0.1) is 5.60 Å². The third-order valence-electron chi connectivity index (χ3n) is 2.82. The van der Waals surface area contributed by atoms with Crippen molar-refractivity contribution in [2.75, 3.05) is 6.54 Å². The van der Waals surface area contributed by atoms with Gasteiger partial charge in [0.1, 0.15) is 0 Å². The standard InChI is InChI=1S/C14H21Cl2NO/c1-4-13(17-6-5-14(2,3)18)10-7-11(15)9-12(16)8-10/h7-9,13,17-18H,4-6H2,1-3H3. The van der Waals surface area contributed by atoms with Crippen LogP contribution in [0.5, 0.6) is 0 Å². The van der Waals surface area contributed by atoms with Crippen molar-refractivity contribution in [3.63, 3.8) is 0 Å². The Kier molecular flexibility index (Phi) is 5.93. The van der Waals surface area contributed by atoms with Crippen LogP contribution in [0.1, 0.15) is 45.2 Å². The molecule has 4 heteroatoms. The highest BCUT2D eigenvalue weighted by Gasteiger charge is 2.14. The predicted molar refractivity (Wildman–Crippen MR) is 78.4 cm³/mol. The van der Waals surface area contributed by atoms with Crippen molar-refractivity contribution >= 4 is 23.2 Å². The van der Waals surface area contributed by atoms with E-state index < -0.39 is 5.60 Å². The van der Waals surface area contributed by atoms with Crippen molar-refractivity contribution in [1.29, 1.82) is 0 Å². The molecule has 0 aliphatic rings. The Hall–Kier alpha value is -0.280. The summed E-state index contributed by atoms with van der Waals surface area (Å²) in [7, 11) is 0. The van der Waals surface area contributed by atoms with Crippen LogP contribution < -0.4 is 5.32 Å². The normalized spacial score (nSPS) is 13.7. The van der Waals surface area contributed by atoms with E-state index in [1.54, 1.807) is 6.07 Å². The molecule has 1 aromatic rings. The van der Waals surface area contributed by atoms with Crippen molar-refractivity contribution in [3.8, 4) is 0 Å². The molecule has 0 heterocycles. The lowest BCUT2D eigenvalue weighted by molar-refractivity contribution is 0.0703. The van der Waals surface area contributed by atoms with Gasteiger partial charge in [0, 0.05) is 16.1 Å². The second kappa shape index (κ2) is 6.76. The summed E-state index contributed by atoms with van der Waals surface area (Å²) >= 11 is 12.0. The summed E-state index contributed by atoms with van der Waals surface area (Å²) < 4.78 is 0. The molecule has 0 bridgehead atoms. The van der Waals surface area contributed by atoms with Crippen LogP contribution in [0.3, 0.4) is 0 Å². The number of halogens is 2. The van der Waals surface area contributed by atoms with Crippen molar-refractivity contribution < 1.29 is 5.11 Å². The lowest BCUT2D eigenvalue weighted by Crippen LogP contribution is -2.29. The van der Waals surface area contributed by atoms with Crippen molar-refractivity contribution in [2.24, 2.45) is 0 Å². The molecular weight excluding hydrogens is 269 g/mol. The average molecular weight is 290 g/mol. The van der Waals surface area contributed by atoms with Gasteiger partial charge in [-0.2, -0.15) is 0 Å². The second-order valence-corrected chi connectivity index (χ2v) is 6.05. The Labute approximate surface area is 119 Å². The Morgan fingerprint density at radius 2 is 1.78 bits per heavy atom. The van der Waals surface area contributed by atoms with Crippen molar-refractivity contribution in [1.82, 2.24) is 5.32 Å². The molecule has 2 nitrogen and oxygen atoms in total. The fourth-order valence-corrected chi connectivity index (χ4v) is 2.37. The first-order valence-electron chi connectivity index (χ1n) is 6.23. The number of benzene rings is 1. The zero-order valence-electron chi connectivity index (χ0n) is 11.1. The molecule has 18 heavy (non-hydrogen) atoms. The van der Waals surface area contributed by atoms with E-state index in [2.05, 4.69) is 12.2 Å². The summed E-state index contributed by atoms with van der Waals surface area (Å²) in [6.45, 7) is 6.49. The first-order valence-corrected chi connectivity index (χ1v) is 6.99. The van der Waals surface area contributed by atoms with Crippen molar-refractivity contribution in [2.45, 2.75) is 45.3 Å². The van der Waals surface area contributed by atoms with Crippen LogP contribution in [0, 0.1) is 0 Å². The van der Waals surface area contributed by atoms with Gasteiger partial charge in [-0.05, 0) is 57.0 Å². The summed E-state index contributed by atoms with van der Waals surface area (Å²) in [6, 6.07) is 5.80. The van der Waals surface area contributed by atoms with Gasteiger partial charge in [0.2, 0.25) is 0 Å². The first-order chi connectivity index (χ1) is 8.31. The summed E-state index contributed by atoms with van der Waals surface area (Å²) in [5.41, 5.74) is 0.447. The first kappa shape index (κ1) is 15.8. The highest BCUT2D eigenvalue weighted by Crippen LogP contribution is 2.25. The van der Waals surface area contributed by atoms with E-state index in [4.69, 9.17) is 23.2 Å². The molecule has 1 atom stereocenters. The van der Waals surface area contributed by atoms with E-state index in [9.17, 15) is 5.11 Å². The van der Waals surface area contributed by atoms with Crippen molar-refractivity contribution in [3.05, 3.63) is 33.8 Å². The lowest BCUT2D eigenvalue weighted by atomic mass is 10.0. The summed E-state index contributed by atoms with van der Waals surface area (Å²) in [5.74, 6) is 0. The van der Waals surface area contributed by atoms with Gasteiger partial charge in [-0.3, -0.25) is 0 Å². The molecule has 0 amide bonds. The maximum atomic E-state index is 9.68. The van der Waals surface area contributed by atoms with Gasteiger partial charge in [-0.25, -0.2) is 0 Å². The lowest BCUT2D eigenvalue weighted by Gasteiger charge is -2.22. The molecule has 0 aliphatic carbocycles. The largest absolute Gasteiger partial charge is 0.390 e. The zero-order chi connectivity index (χ0) is 13.8. The number of hydrogen-bond acceptors (Lipinski definition) is 2. The van der Waals surface area contributed by atoms with E-state index in [-0.39, 0.29) is 6.04 Å². The van der Waals surface area contributed by atoms with Crippen LogP contribution in [0.4, 0.5) is 0 Å². The zero-order valence-corrected chi connectivity index (χ0v) is 12.6. The Morgan fingerprint density at radius 3 is 2.22 bits per heavy atom. The maximum Gasteiger partial charge on any atom is 0.0603 e. The van der Waals surface area contributed by atoms with Gasteiger partial charge in [-0.1, -0.05) is 30.1 Å². The van der Waals surface area contributed by atoms with Gasteiger partial charge >= 0.3 is 0 Å². The molecule has 2 N–H and O–H groups in total. The average Bonchev–Trinajstić information content (AvgIpc) is 2.21. The summed E-state index contributed by atoms with van der Waals surface area (Å²) in [6.07, 6.45) is 1.65. The Balaban J connectivity index is 2.65. The van der Waals surface area contributed by atoms with Gasteiger partial charge in [0.25, 0.3) is 0 Å². The summed E-state index contributed by atoms with van der Waals surface area (Å²) in [5, 5.41) is 14.4. The molecule has 0 saturated heterocycles. The minimum atomic E-state index is -0.642. The molecule has 0 saturated carbocycles. The van der Waals surface area contributed by atoms with Crippen LogP contribution in [0.15, 0.2) is 18.2 Å². The fraction of sp³-hybridized carbons (Fsp3) is 0.571. The van der Waals surface area contributed by atoms with Gasteiger partial charge in [0.15, 0.2) is 0 Å². The topological polar surface area (TPSA) is 32.3 Å². The molecule has 0 aliphatic heterocycles. The Morgan fingerprint density at radius 1 is 1.22 bits per heavy atom. The SMILES string of the molecule is CCC(NCCC(C)(C)O)c1cc(Cl)cc(Cl)c1. The molecule has 0 fully saturated rings. The van der Waals surface area contributed by atoms with Gasteiger partial charge in [-0.15, -0.1) is 0 Å². The summed E-state index contributed by atoms with van der Waals surface area (Å²) in [4.78, 5) is 0. The number of aliphatic hydroxyl groups is 1. The number of rotatable bonds is 6. The smallest absolute Gasteiger partial charge is 0.0603 e. The minimum Gasteiger partial charge on any atom is -0.390 e. The number of hydrogen-bond donors (Lipinski definition) is 2. The van der Waals surface area contributed by atoms with Gasteiger partial charge < -0.3 is 10.4 Å². The van der Waals surface area contributed by atoms with E-state index in [0.29, 0.717) is 16.5 Å². The molecule has 102 valence electrons. The van der Waals surface area contributed by atoms with E-state index >= 15 is 0 Å². The van der Waals surface area contributed by atoms with E-state index in [0.717, 1.165) is 18.5 Å². The number of nitrogens with one attached hydrogen (secondary N) is 1. The fourth-order valence-electron chi connectivity index (χ4n) is 1.83. The highest BCUT2D eigenvalue weighted by molar-refractivity contribution is 6.34. The van der Waals surface area contributed by atoms with E-state index in [1.165, 1.54) is 0 Å². The highest BCUT2D eigenvalue weighted by atomic mass is 35.5. The predicted octanol–water partition coefficient (Wildman–Crippen LogP) is 4.20. The monoisotopic (exact) mass is 289 g/mol. The molecule has 0 spiro atoms. The minimum absolute atomic E-state index is 0.212. The molecule has 0 aromatic heterocycles. The van der Waals surface area contributed by atoms with Crippen LogP contribution in [-0.4, -0.2) is 17.3 Å². The molecule has 0 radical (unpaired) electrons. The van der Waals surface area contributed by atoms with Crippen LogP contribution in [0.2, 0.25) is 10.0 Å². The van der Waals surface area contributed by atoms with E-state index in [1.807, 2.05) is 26.0 Å². The molecule has 1 aromatic carbocycles. The van der Waals surface area contributed by atoms with Crippen LogP contribution >= 0.6 is 23.2 Å². The third-order valence-corrected chi connectivity index (χ3v) is 3.26. The quantitative estimate of drug-likeness (QED) is 0.823. The maximum absolute atomic E-state index is 9.68. The third kappa shape index (κ3) is 5.57. The van der Waals surface area contributed by atoms with Crippen LogP contribution in [-0.2, 0) is 0 Å².